The Balaban J connectivity index is 1.81. The number of rotatable bonds is 0. The molecule has 1 aliphatic heterocycles. The Morgan fingerprint density at radius 3 is 2.34 bits per heavy atom. The lowest BCUT2D eigenvalue weighted by Crippen LogP contribution is -2.43. The Morgan fingerprint density at radius 1 is 0.938 bits per heavy atom. The molecule has 4 heterocycles. The molecule has 6 heteroatoms. The zero-order valence-electron chi connectivity index (χ0n) is 17.1. The quantitative estimate of drug-likeness (QED) is 0.317. The third kappa shape index (κ3) is 1.60. The third-order valence-corrected chi connectivity index (χ3v) is 7.97. The number of nitrogens with zero attached hydrogens (tertiary/aromatic N) is 3. The number of nitrogens with two attached hydrogens (primary N) is 1. The topological polar surface area (TPSA) is 95.7 Å². The second kappa shape index (κ2) is 5.09. The number of hydrogen-bond donors (Lipinski definition) is 3. The van der Waals surface area contributed by atoms with Gasteiger partial charge >= 0.3 is 0 Å². The van der Waals surface area contributed by atoms with E-state index in [1.54, 1.807) is 0 Å². The Kier molecular flexibility index (Phi) is 2.66. The number of nitrogens with one attached hydrogen (secondary N) is 1. The number of aromatic hydroxyl groups is 1. The Morgan fingerprint density at radius 2 is 1.59 bits per heavy atom. The molecule has 2 bridgehead atoms. The Hall–Kier alpha value is -3.95. The van der Waals surface area contributed by atoms with Crippen LogP contribution in [0.25, 0.3) is 54.4 Å². The van der Waals surface area contributed by atoms with Crippen molar-refractivity contribution in [1.29, 1.82) is 5.26 Å². The van der Waals surface area contributed by atoms with Crippen LogP contribution < -0.4 is 5.73 Å². The van der Waals surface area contributed by atoms with Crippen LogP contribution >= 0.6 is 0 Å². The summed E-state index contributed by atoms with van der Waals surface area (Å²) < 4.78 is 4.74. The summed E-state index contributed by atoms with van der Waals surface area (Å²) in [5, 5.41) is 27.4. The Bertz CT molecular complexity index is 1850. The minimum absolute atomic E-state index is 0.118. The van der Waals surface area contributed by atoms with Crippen LogP contribution in [0.5, 0.6) is 5.88 Å². The molecular weight excluding hydrogens is 398 g/mol. The normalized spacial score (nSPS) is 24.4. The lowest BCUT2D eigenvalue weighted by atomic mass is 9.95. The fourth-order valence-corrected chi connectivity index (χ4v) is 6.81. The molecule has 0 unspecified atom stereocenters. The SMILES string of the molecule is N#C[C@]1(N)C[C@@H]2C[C@H]1n1c3ccccc3c3c4c[nH]c(O)c4c4c5ccccc5n2c4c31. The maximum Gasteiger partial charge on any atom is 0.197 e. The molecule has 1 aliphatic carbocycles. The van der Waals surface area contributed by atoms with Gasteiger partial charge in [0.05, 0.1) is 28.5 Å². The molecule has 6 nitrogen and oxygen atoms in total. The van der Waals surface area contributed by atoms with Gasteiger partial charge in [-0.2, -0.15) is 5.26 Å². The number of aromatic amines is 1. The minimum Gasteiger partial charge on any atom is -0.494 e. The zero-order chi connectivity index (χ0) is 21.4. The van der Waals surface area contributed by atoms with Gasteiger partial charge in [-0.25, -0.2) is 0 Å². The minimum atomic E-state index is -0.940. The third-order valence-electron chi connectivity index (χ3n) is 7.97. The largest absolute Gasteiger partial charge is 0.494 e. The molecule has 3 atom stereocenters. The predicted molar refractivity (Wildman–Crippen MR) is 126 cm³/mol. The molecule has 8 rings (SSSR count). The highest BCUT2D eigenvalue weighted by atomic mass is 16.3. The van der Waals surface area contributed by atoms with Crippen molar-refractivity contribution in [2.24, 2.45) is 5.73 Å². The maximum atomic E-state index is 10.9. The first-order chi connectivity index (χ1) is 15.6. The lowest BCUT2D eigenvalue weighted by Gasteiger charge is -2.27. The van der Waals surface area contributed by atoms with Crippen molar-refractivity contribution < 1.29 is 5.11 Å². The highest BCUT2D eigenvalue weighted by Crippen LogP contribution is 2.56. The molecule has 0 saturated heterocycles. The summed E-state index contributed by atoms with van der Waals surface area (Å²) in [6.07, 6.45) is 3.32. The molecule has 0 amide bonds. The summed E-state index contributed by atoms with van der Waals surface area (Å²) in [7, 11) is 0. The summed E-state index contributed by atoms with van der Waals surface area (Å²) in [5.74, 6) is 0.196. The van der Waals surface area contributed by atoms with Crippen LogP contribution in [0, 0.1) is 11.3 Å². The van der Waals surface area contributed by atoms with E-state index >= 15 is 0 Å². The van der Waals surface area contributed by atoms with E-state index < -0.39 is 5.54 Å². The van der Waals surface area contributed by atoms with E-state index in [1.165, 1.54) is 0 Å². The van der Waals surface area contributed by atoms with Gasteiger partial charge in [-0.15, -0.1) is 0 Å². The standard InChI is InChI=1S/C26H19N5O/c27-12-26(28)10-13-9-19(26)31-18-8-4-1-5-14(18)20-16-11-29-25(32)22(16)21-15-6-2-3-7-17(15)30(13)24(21)23(20)31/h1-8,11,13,19,29,32H,9-10,28H2/t13-,19+,26+/m0/s1. The van der Waals surface area contributed by atoms with E-state index in [0.717, 1.165) is 60.8 Å². The molecular formula is C26H19N5O. The van der Waals surface area contributed by atoms with Gasteiger partial charge in [0, 0.05) is 56.6 Å². The fourth-order valence-electron chi connectivity index (χ4n) is 6.81. The second-order valence-electron chi connectivity index (χ2n) is 9.41. The number of aromatic nitrogens is 3. The summed E-state index contributed by atoms with van der Waals surface area (Å²) >= 11 is 0. The molecule has 6 aromatic rings. The molecule has 0 radical (unpaired) electrons. The molecule has 1 fully saturated rings. The predicted octanol–water partition coefficient (Wildman–Crippen LogP) is 5.20. The van der Waals surface area contributed by atoms with Gasteiger partial charge in [0.2, 0.25) is 0 Å². The van der Waals surface area contributed by atoms with Gasteiger partial charge in [0.25, 0.3) is 0 Å². The van der Waals surface area contributed by atoms with E-state index in [9.17, 15) is 10.4 Å². The first-order valence-electron chi connectivity index (χ1n) is 11.0. The van der Waals surface area contributed by atoms with E-state index in [-0.39, 0.29) is 18.0 Å². The van der Waals surface area contributed by atoms with Crippen molar-refractivity contribution in [2.75, 3.05) is 0 Å². The van der Waals surface area contributed by atoms with Crippen LogP contribution in [-0.2, 0) is 0 Å². The Labute approximate surface area is 182 Å². The first kappa shape index (κ1) is 16.7. The van der Waals surface area contributed by atoms with Crippen molar-refractivity contribution in [3.8, 4) is 11.9 Å². The van der Waals surface area contributed by atoms with E-state index in [1.807, 2.05) is 24.4 Å². The van der Waals surface area contributed by atoms with Crippen molar-refractivity contribution in [3.05, 3.63) is 54.7 Å². The molecule has 3 aromatic carbocycles. The number of fused-ring (bicyclic) bond motifs is 13. The van der Waals surface area contributed by atoms with Crippen LogP contribution in [-0.4, -0.2) is 24.8 Å². The average molecular weight is 417 g/mol. The fraction of sp³-hybridized carbons (Fsp3) is 0.192. The highest BCUT2D eigenvalue weighted by molar-refractivity contribution is 6.37. The van der Waals surface area contributed by atoms with Gasteiger partial charge in [-0.1, -0.05) is 36.4 Å². The number of benzene rings is 3. The molecule has 3 aromatic heterocycles. The van der Waals surface area contributed by atoms with Crippen molar-refractivity contribution in [2.45, 2.75) is 30.5 Å². The second-order valence-corrected chi connectivity index (χ2v) is 9.41. The van der Waals surface area contributed by atoms with Crippen LogP contribution in [0.4, 0.5) is 0 Å². The number of hydrogen-bond acceptors (Lipinski definition) is 3. The van der Waals surface area contributed by atoms with Gasteiger partial charge in [-0.3, -0.25) is 0 Å². The highest BCUT2D eigenvalue weighted by Gasteiger charge is 2.50. The molecule has 0 spiro atoms. The van der Waals surface area contributed by atoms with E-state index in [2.05, 4.69) is 50.5 Å². The summed E-state index contributed by atoms with van der Waals surface area (Å²) in [6, 6.07) is 19.2. The maximum absolute atomic E-state index is 10.9. The summed E-state index contributed by atoms with van der Waals surface area (Å²) in [5.41, 5.74) is 10.3. The van der Waals surface area contributed by atoms with Crippen molar-refractivity contribution in [3.63, 3.8) is 0 Å². The van der Waals surface area contributed by atoms with Gasteiger partial charge in [0.1, 0.15) is 5.54 Å². The smallest absolute Gasteiger partial charge is 0.197 e. The van der Waals surface area contributed by atoms with Crippen LogP contribution in [0.2, 0.25) is 0 Å². The number of H-pyrrole nitrogens is 1. The van der Waals surface area contributed by atoms with Crippen molar-refractivity contribution >= 4 is 54.4 Å². The van der Waals surface area contributed by atoms with Crippen molar-refractivity contribution in [1.82, 2.24) is 14.1 Å². The lowest BCUT2D eigenvalue weighted by molar-refractivity contribution is 0.406. The molecule has 154 valence electrons. The average Bonchev–Trinajstić information content (AvgIpc) is 3.51. The van der Waals surface area contributed by atoms with Crippen LogP contribution in [0.1, 0.15) is 24.9 Å². The number of para-hydroxylation sites is 2. The summed E-state index contributed by atoms with van der Waals surface area (Å²) in [4.78, 5) is 3.07. The summed E-state index contributed by atoms with van der Waals surface area (Å²) in [6.45, 7) is 0. The molecule has 32 heavy (non-hydrogen) atoms. The monoisotopic (exact) mass is 417 g/mol. The van der Waals surface area contributed by atoms with Gasteiger partial charge in [-0.05, 0) is 18.6 Å². The zero-order valence-corrected chi connectivity index (χ0v) is 17.1. The van der Waals surface area contributed by atoms with Gasteiger partial charge < -0.3 is 25.0 Å². The molecule has 2 aliphatic rings. The molecule has 1 saturated carbocycles. The van der Waals surface area contributed by atoms with Gasteiger partial charge in [0.15, 0.2) is 5.88 Å². The first-order valence-corrected chi connectivity index (χ1v) is 11.0. The number of nitriles is 1. The van der Waals surface area contributed by atoms with E-state index in [0.29, 0.717) is 6.42 Å². The van der Waals surface area contributed by atoms with E-state index in [4.69, 9.17) is 5.73 Å². The molecule has 4 N–H and O–H groups in total. The van der Waals surface area contributed by atoms with Crippen LogP contribution in [0.15, 0.2) is 54.7 Å². The van der Waals surface area contributed by atoms with Crippen LogP contribution in [0.3, 0.4) is 0 Å².